The molecule has 4 heteroatoms. The molecule has 0 N–H and O–H groups in total. The fraction of sp³-hybridized carbons (Fsp3) is 0.538. The molecule has 1 aliphatic rings. The third-order valence-electron chi connectivity index (χ3n) is 3.20. The molecule has 1 aromatic heterocycles. The molecule has 0 unspecified atom stereocenters. The summed E-state index contributed by atoms with van der Waals surface area (Å²) in [6.07, 6.45) is 4.04. The molecule has 0 atom stereocenters. The smallest absolute Gasteiger partial charge is 0.253 e. The average molecular weight is 297 g/mol. The van der Waals surface area contributed by atoms with Crippen LogP contribution in [0.1, 0.15) is 28.9 Å². The topological polar surface area (TPSA) is 33.2 Å². The summed E-state index contributed by atoms with van der Waals surface area (Å²) in [5.74, 6) is 0.741. The van der Waals surface area contributed by atoms with E-state index in [4.69, 9.17) is 0 Å². The van der Waals surface area contributed by atoms with E-state index in [2.05, 4.69) is 20.9 Å². The lowest BCUT2D eigenvalue weighted by Crippen LogP contribution is -2.37. The van der Waals surface area contributed by atoms with Gasteiger partial charge in [-0.2, -0.15) is 0 Å². The lowest BCUT2D eigenvalue weighted by molar-refractivity contribution is 0.0748. The van der Waals surface area contributed by atoms with Crippen molar-refractivity contribution < 1.29 is 4.79 Å². The van der Waals surface area contributed by atoms with E-state index < -0.39 is 0 Å². The highest BCUT2D eigenvalue weighted by Gasteiger charge is 2.28. The molecule has 0 saturated heterocycles. The lowest BCUT2D eigenvalue weighted by atomic mass is 9.85. The molecule has 0 spiro atoms. The molecule has 1 fully saturated rings. The van der Waals surface area contributed by atoms with E-state index in [1.54, 1.807) is 12.3 Å². The van der Waals surface area contributed by atoms with Gasteiger partial charge in [-0.3, -0.25) is 9.78 Å². The highest BCUT2D eigenvalue weighted by atomic mass is 79.9. The second-order valence-electron chi connectivity index (χ2n) is 4.81. The van der Waals surface area contributed by atoms with E-state index in [0.29, 0.717) is 10.7 Å². The molecule has 0 radical (unpaired) electrons. The van der Waals surface area contributed by atoms with Crippen LogP contribution in [0, 0.1) is 12.8 Å². The number of aryl methyl sites for hydroxylation is 1. The van der Waals surface area contributed by atoms with E-state index in [1.807, 2.05) is 24.9 Å². The molecule has 0 aliphatic heterocycles. The fourth-order valence-electron chi connectivity index (χ4n) is 2.17. The Kier molecular flexibility index (Phi) is 3.82. The molecule has 1 aliphatic carbocycles. The molecule has 0 bridgehead atoms. The number of carbonyl (C=O) groups excluding carboxylic acids is 1. The summed E-state index contributed by atoms with van der Waals surface area (Å²) < 4.78 is 0. The first-order chi connectivity index (χ1) is 8.06. The Hall–Kier alpha value is -0.900. The summed E-state index contributed by atoms with van der Waals surface area (Å²) in [4.78, 5) is 18.7. The highest BCUT2D eigenvalue weighted by molar-refractivity contribution is 9.09. The van der Waals surface area contributed by atoms with Gasteiger partial charge in [0, 0.05) is 35.9 Å². The Labute approximate surface area is 110 Å². The van der Waals surface area contributed by atoms with Crippen molar-refractivity contribution in [3.8, 4) is 0 Å². The van der Waals surface area contributed by atoms with Gasteiger partial charge in [0.15, 0.2) is 0 Å². The van der Waals surface area contributed by atoms with Gasteiger partial charge in [0.05, 0.1) is 0 Å². The van der Waals surface area contributed by atoms with Gasteiger partial charge < -0.3 is 4.90 Å². The Morgan fingerprint density at radius 1 is 1.59 bits per heavy atom. The van der Waals surface area contributed by atoms with Gasteiger partial charge in [0.2, 0.25) is 0 Å². The Morgan fingerprint density at radius 3 is 2.88 bits per heavy atom. The van der Waals surface area contributed by atoms with Gasteiger partial charge >= 0.3 is 0 Å². The second kappa shape index (κ2) is 5.17. The summed E-state index contributed by atoms with van der Waals surface area (Å²) in [5, 5.41) is 0. The molecule has 0 aromatic carbocycles. The zero-order chi connectivity index (χ0) is 12.4. The van der Waals surface area contributed by atoms with Crippen LogP contribution in [0.2, 0.25) is 0 Å². The maximum atomic E-state index is 12.1. The van der Waals surface area contributed by atoms with Crippen LogP contribution in [0.5, 0.6) is 0 Å². The largest absolute Gasteiger partial charge is 0.341 e. The highest BCUT2D eigenvalue weighted by Crippen LogP contribution is 2.33. The van der Waals surface area contributed by atoms with Crippen LogP contribution in [-0.4, -0.2) is 34.2 Å². The van der Waals surface area contributed by atoms with E-state index in [9.17, 15) is 4.79 Å². The van der Waals surface area contributed by atoms with Crippen LogP contribution in [0.3, 0.4) is 0 Å². The SMILES string of the molecule is Cc1cc(C(=O)N(C)CC2CC(Br)C2)ccn1. The molecule has 1 aromatic rings. The van der Waals surface area contributed by atoms with E-state index in [-0.39, 0.29) is 5.91 Å². The molecule has 17 heavy (non-hydrogen) atoms. The summed E-state index contributed by atoms with van der Waals surface area (Å²) in [5.41, 5.74) is 1.61. The minimum Gasteiger partial charge on any atom is -0.341 e. The molecule has 1 heterocycles. The Morgan fingerprint density at radius 2 is 2.29 bits per heavy atom. The monoisotopic (exact) mass is 296 g/mol. The second-order valence-corrected chi connectivity index (χ2v) is 6.10. The van der Waals surface area contributed by atoms with Crippen molar-refractivity contribution in [3.63, 3.8) is 0 Å². The molecule has 2 rings (SSSR count). The maximum Gasteiger partial charge on any atom is 0.253 e. The number of pyridine rings is 1. The van der Waals surface area contributed by atoms with Gasteiger partial charge in [-0.25, -0.2) is 0 Å². The number of rotatable bonds is 3. The van der Waals surface area contributed by atoms with E-state index in [0.717, 1.165) is 17.8 Å². The van der Waals surface area contributed by atoms with Crippen molar-refractivity contribution in [2.75, 3.05) is 13.6 Å². The molecule has 92 valence electrons. The van der Waals surface area contributed by atoms with Gasteiger partial charge in [0.1, 0.15) is 0 Å². The summed E-state index contributed by atoms with van der Waals surface area (Å²) in [7, 11) is 1.87. The normalized spacial score (nSPS) is 23.0. The van der Waals surface area contributed by atoms with Gasteiger partial charge in [0.25, 0.3) is 5.91 Å². The zero-order valence-corrected chi connectivity index (χ0v) is 11.8. The van der Waals surface area contributed by atoms with Gasteiger partial charge in [-0.15, -0.1) is 0 Å². The first kappa shape index (κ1) is 12.6. The fourth-order valence-corrected chi connectivity index (χ4v) is 3.23. The molecule has 1 saturated carbocycles. The summed E-state index contributed by atoms with van der Waals surface area (Å²) in [6.45, 7) is 2.75. The van der Waals surface area contributed by atoms with Crippen LogP contribution >= 0.6 is 15.9 Å². The Balaban J connectivity index is 1.95. The van der Waals surface area contributed by atoms with Gasteiger partial charge in [-0.05, 0) is 37.8 Å². The number of halogens is 1. The number of nitrogens with zero attached hydrogens (tertiary/aromatic N) is 2. The quantitative estimate of drug-likeness (QED) is 0.804. The predicted octanol–water partition coefficient (Wildman–Crippen LogP) is 2.64. The standard InChI is InChI=1S/C13H17BrN2O/c1-9-5-11(3-4-15-9)13(17)16(2)8-10-6-12(14)7-10/h3-5,10,12H,6-8H2,1-2H3. The predicted molar refractivity (Wildman–Crippen MR) is 71.4 cm³/mol. The number of carbonyl (C=O) groups is 1. The molecular weight excluding hydrogens is 280 g/mol. The minimum atomic E-state index is 0.0912. The van der Waals surface area contributed by atoms with Crippen LogP contribution in [-0.2, 0) is 0 Å². The summed E-state index contributed by atoms with van der Waals surface area (Å²) >= 11 is 3.57. The van der Waals surface area contributed by atoms with Crippen molar-refractivity contribution in [1.29, 1.82) is 0 Å². The van der Waals surface area contributed by atoms with Crippen molar-refractivity contribution >= 4 is 21.8 Å². The lowest BCUT2D eigenvalue weighted by Gasteiger charge is -2.34. The third-order valence-corrected chi connectivity index (χ3v) is 3.95. The maximum absolute atomic E-state index is 12.1. The van der Waals surface area contributed by atoms with Crippen LogP contribution in [0.4, 0.5) is 0 Å². The zero-order valence-electron chi connectivity index (χ0n) is 10.2. The van der Waals surface area contributed by atoms with Crippen molar-refractivity contribution in [3.05, 3.63) is 29.6 Å². The number of hydrogen-bond acceptors (Lipinski definition) is 2. The van der Waals surface area contributed by atoms with Crippen LogP contribution in [0.25, 0.3) is 0 Å². The number of amides is 1. The Bertz CT molecular complexity index is 416. The number of aromatic nitrogens is 1. The van der Waals surface area contributed by atoms with Crippen molar-refractivity contribution in [2.24, 2.45) is 5.92 Å². The van der Waals surface area contributed by atoms with E-state index in [1.165, 1.54) is 12.8 Å². The average Bonchev–Trinajstić information content (AvgIpc) is 2.26. The van der Waals surface area contributed by atoms with E-state index >= 15 is 0 Å². The number of alkyl halides is 1. The molecule has 3 nitrogen and oxygen atoms in total. The first-order valence-corrected chi connectivity index (χ1v) is 6.80. The van der Waals surface area contributed by atoms with Crippen molar-refractivity contribution in [1.82, 2.24) is 9.88 Å². The van der Waals surface area contributed by atoms with Crippen LogP contribution < -0.4 is 0 Å². The van der Waals surface area contributed by atoms with Gasteiger partial charge in [-0.1, -0.05) is 15.9 Å². The number of hydrogen-bond donors (Lipinski definition) is 0. The van der Waals surface area contributed by atoms with Crippen LogP contribution in [0.15, 0.2) is 18.3 Å². The molecular formula is C13H17BrN2O. The summed E-state index contributed by atoms with van der Waals surface area (Å²) in [6, 6.07) is 3.62. The van der Waals surface area contributed by atoms with Crippen molar-refractivity contribution in [2.45, 2.75) is 24.6 Å². The first-order valence-electron chi connectivity index (χ1n) is 5.88. The minimum absolute atomic E-state index is 0.0912. The molecule has 1 amide bonds. The third kappa shape index (κ3) is 3.06.